The molecule has 2 aliphatic rings. The molecule has 2 aromatic rings. The third-order valence-corrected chi connectivity index (χ3v) is 6.04. The van der Waals surface area contributed by atoms with Crippen LogP contribution in [0.3, 0.4) is 0 Å². The molecule has 6 nitrogen and oxygen atoms in total. The maximum absolute atomic E-state index is 11.1. The van der Waals surface area contributed by atoms with E-state index in [0.29, 0.717) is 17.8 Å². The van der Waals surface area contributed by atoms with E-state index in [1.807, 2.05) is 24.9 Å². The highest BCUT2D eigenvalue weighted by Crippen LogP contribution is 2.56. The van der Waals surface area contributed by atoms with Gasteiger partial charge in [0.1, 0.15) is 17.2 Å². The summed E-state index contributed by atoms with van der Waals surface area (Å²) in [4.78, 5) is 4.38. The number of rotatable bonds is 2. The molecule has 0 aromatic carbocycles. The summed E-state index contributed by atoms with van der Waals surface area (Å²) in [6.07, 6.45) is 7.47. The minimum Gasteiger partial charge on any atom is -0.384 e. The fourth-order valence-electron chi connectivity index (χ4n) is 4.93. The molecule has 124 valence electrons. The number of nitrogens with zero attached hydrogens (tertiary/aromatic N) is 4. The van der Waals surface area contributed by atoms with Crippen molar-refractivity contribution in [3.05, 3.63) is 29.5 Å². The van der Waals surface area contributed by atoms with Gasteiger partial charge in [0, 0.05) is 38.0 Å². The molecule has 0 spiro atoms. The first-order valence-corrected chi connectivity index (χ1v) is 8.38. The van der Waals surface area contributed by atoms with Gasteiger partial charge < -0.3 is 15.4 Å². The number of hydrogen-bond donors (Lipinski definition) is 2. The minimum atomic E-state index is -0.767. The predicted molar refractivity (Wildman–Crippen MR) is 87.7 cm³/mol. The summed E-state index contributed by atoms with van der Waals surface area (Å²) in [7, 11) is 3.86. The predicted octanol–water partition coefficient (Wildman–Crippen LogP) is 1.84. The zero-order valence-electron chi connectivity index (χ0n) is 14.0. The quantitative estimate of drug-likeness (QED) is 0.886. The molecule has 2 fully saturated rings. The van der Waals surface area contributed by atoms with Crippen molar-refractivity contribution in [3.63, 3.8) is 0 Å². The van der Waals surface area contributed by atoms with Crippen LogP contribution in [-0.2, 0) is 19.7 Å². The number of anilines is 1. The van der Waals surface area contributed by atoms with Gasteiger partial charge in [0.25, 0.3) is 0 Å². The molecule has 0 aliphatic heterocycles. The van der Waals surface area contributed by atoms with Gasteiger partial charge in [-0.3, -0.25) is 4.68 Å². The Bertz CT molecular complexity index is 732. The van der Waals surface area contributed by atoms with E-state index in [2.05, 4.69) is 17.0 Å². The Hall–Kier alpha value is -1.82. The SMILES string of the molecule is Cc1c(C2CC3CC(O)(c4nccn4C)CC3C2)nn(C)c1N. The van der Waals surface area contributed by atoms with E-state index >= 15 is 0 Å². The van der Waals surface area contributed by atoms with Gasteiger partial charge in [0.05, 0.1) is 5.69 Å². The molecule has 2 unspecified atom stereocenters. The second kappa shape index (κ2) is 4.84. The number of aromatic nitrogens is 4. The fraction of sp³-hybridized carbons (Fsp3) is 0.647. The first-order valence-electron chi connectivity index (χ1n) is 8.38. The second-order valence-electron chi connectivity index (χ2n) is 7.51. The first kappa shape index (κ1) is 14.8. The number of aliphatic hydroxyl groups is 1. The van der Waals surface area contributed by atoms with Gasteiger partial charge in [0.2, 0.25) is 0 Å². The van der Waals surface area contributed by atoms with Crippen molar-refractivity contribution < 1.29 is 5.11 Å². The van der Waals surface area contributed by atoms with Gasteiger partial charge in [-0.1, -0.05) is 0 Å². The number of hydrogen-bond acceptors (Lipinski definition) is 4. The third kappa shape index (κ3) is 2.11. The van der Waals surface area contributed by atoms with Gasteiger partial charge in [0.15, 0.2) is 0 Å². The molecule has 0 saturated heterocycles. The highest BCUT2D eigenvalue weighted by molar-refractivity contribution is 5.43. The van der Waals surface area contributed by atoms with E-state index < -0.39 is 5.60 Å². The van der Waals surface area contributed by atoms with Gasteiger partial charge in [-0.25, -0.2) is 4.98 Å². The summed E-state index contributed by atoms with van der Waals surface area (Å²) in [5, 5.41) is 15.7. The summed E-state index contributed by atoms with van der Waals surface area (Å²) in [5.74, 6) is 3.14. The van der Waals surface area contributed by atoms with E-state index in [-0.39, 0.29) is 0 Å². The molecule has 2 atom stereocenters. The Morgan fingerprint density at radius 1 is 1.26 bits per heavy atom. The Kier molecular flexibility index (Phi) is 3.10. The number of fused-ring (bicyclic) bond motifs is 1. The number of nitrogen functional groups attached to an aromatic ring is 1. The monoisotopic (exact) mass is 315 g/mol. The minimum absolute atomic E-state index is 0.472. The molecule has 4 rings (SSSR count). The van der Waals surface area contributed by atoms with Crippen molar-refractivity contribution in [3.8, 4) is 0 Å². The molecule has 0 bridgehead atoms. The lowest BCUT2D eigenvalue weighted by Gasteiger charge is -2.24. The maximum Gasteiger partial charge on any atom is 0.140 e. The molecule has 2 saturated carbocycles. The molecule has 0 radical (unpaired) electrons. The van der Waals surface area contributed by atoms with Crippen LogP contribution in [0.25, 0.3) is 0 Å². The molecule has 3 N–H and O–H groups in total. The van der Waals surface area contributed by atoms with Crippen LogP contribution in [-0.4, -0.2) is 24.4 Å². The zero-order chi connectivity index (χ0) is 16.4. The summed E-state index contributed by atoms with van der Waals surface area (Å²) in [5.41, 5.74) is 7.57. The van der Waals surface area contributed by atoms with Gasteiger partial charge in [-0.2, -0.15) is 5.10 Å². The highest BCUT2D eigenvalue weighted by Gasteiger charge is 2.51. The average Bonchev–Trinajstić information content (AvgIpc) is 3.20. The summed E-state index contributed by atoms with van der Waals surface area (Å²) in [6.45, 7) is 2.07. The van der Waals surface area contributed by atoms with Crippen molar-refractivity contribution in [1.29, 1.82) is 0 Å². The van der Waals surface area contributed by atoms with Crippen LogP contribution in [0.4, 0.5) is 5.82 Å². The summed E-state index contributed by atoms with van der Waals surface area (Å²) >= 11 is 0. The second-order valence-corrected chi connectivity index (χ2v) is 7.51. The van der Waals surface area contributed by atoms with Crippen LogP contribution in [0.1, 0.15) is 48.7 Å². The van der Waals surface area contributed by atoms with Crippen molar-refractivity contribution in [2.75, 3.05) is 5.73 Å². The zero-order valence-corrected chi connectivity index (χ0v) is 14.0. The van der Waals surface area contributed by atoms with Crippen LogP contribution >= 0.6 is 0 Å². The molecule has 23 heavy (non-hydrogen) atoms. The van der Waals surface area contributed by atoms with Crippen LogP contribution in [0.5, 0.6) is 0 Å². The Balaban J connectivity index is 1.54. The van der Waals surface area contributed by atoms with Crippen molar-refractivity contribution in [1.82, 2.24) is 19.3 Å². The number of nitrogens with two attached hydrogens (primary N) is 1. The van der Waals surface area contributed by atoms with Gasteiger partial charge in [-0.05, 0) is 44.4 Å². The molecular formula is C17H25N5O. The van der Waals surface area contributed by atoms with E-state index in [0.717, 1.165) is 48.6 Å². The smallest absolute Gasteiger partial charge is 0.140 e. The van der Waals surface area contributed by atoms with Gasteiger partial charge >= 0.3 is 0 Å². The van der Waals surface area contributed by atoms with E-state index in [1.54, 1.807) is 10.9 Å². The Morgan fingerprint density at radius 2 is 1.91 bits per heavy atom. The largest absolute Gasteiger partial charge is 0.384 e. The van der Waals surface area contributed by atoms with Crippen molar-refractivity contribution in [2.45, 2.75) is 44.1 Å². The number of imidazole rings is 1. The molecule has 0 amide bonds. The first-order chi connectivity index (χ1) is 10.9. The lowest BCUT2D eigenvalue weighted by atomic mass is 9.91. The normalized spacial score (nSPS) is 33.3. The van der Waals surface area contributed by atoms with Crippen LogP contribution in [0, 0.1) is 18.8 Å². The molecule has 2 aliphatic carbocycles. The molecule has 2 heterocycles. The lowest BCUT2D eigenvalue weighted by molar-refractivity contribution is 0.0228. The molecule has 6 heteroatoms. The van der Waals surface area contributed by atoms with Crippen LogP contribution < -0.4 is 5.73 Å². The fourth-order valence-corrected chi connectivity index (χ4v) is 4.93. The maximum atomic E-state index is 11.1. The Morgan fingerprint density at radius 3 is 2.39 bits per heavy atom. The molecule has 2 aromatic heterocycles. The van der Waals surface area contributed by atoms with E-state index in [9.17, 15) is 5.11 Å². The highest BCUT2D eigenvalue weighted by atomic mass is 16.3. The lowest BCUT2D eigenvalue weighted by Crippen LogP contribution is -2.27. The third-order valence-electron chi connectivity index (χ3n) is 6.04. The van der Waals surface area contributed by atoms with Crippen LogP contribution in [0.2, 0.25) is 0 Å². The van der Waals surface area contributed by atoms with Gasteiger partial charge in [-0.15, -0.1) is 0 Å². The van der Waals surface area contributed by atoms with E-state index in [1.165, 1.54) is 0 Å². The average molecular weight is 315 g/mol. The van der Waals surface area contributed by atoms with Crippen molar-refractivity contribution in [2.24, 2.45) is 25.9 Å². The topological polar surface area (TPSA) is 81.9 Å². The summed E-state index contributed by atoms with van der Waals surface area (Å²) in [6, 6.07) is 0. The standard InChI is InChI=1S/C17H25N5O/c1-10-14(20-22(3)15(10)18)11-6-12-8-17(23,9-13(12)7-11)16-19-4-5-21(16)2/h4-5,11-13,23H,6-9,18H2,1-3H3. The van der Waals surface area contributed by atoms with Crippen LogP contribution in [0.15, 0.2) is 12.4 Å². The van der Waals surface area contributed by atoms with E-state index in [4.69, 9.17) is 5.73 Å². The molecular weight excluding hydrogens is 290 g/mol. The Labute approximate surface area is 136 Å². The number of aryl methyl sites for hydroxylation is 2. The summed E-state index contributed by atoms with van der Waals surface area (Å²) < 4.78 is 3.73. The van der Waals surface area contributed by atoms with Crippen molar-refractivity contribution >= 4 is 5.82 Å².